The largest absolute Gasteiger partial charge is 0.444 e. The topological polar surface area (TPSA) is 80.5 Å². The molecule has 0 atom stereocenters. The van der Waals surface area contributed by atoms with Crippen molar-refractivity contribution in [1.29, 1.82) is 0 Å². The zero-order chi connectivity index (χ0) is 15.2. The molecule has 0 spiro atoms. The second-order valence-corrected chi connectivity index (χ2v) is 6.87. The summed E-state index contributed by atoms with van der Waals surface area (Å²) < 4.78 is 30.8. The summed E-state index contributed by atoms with van der Waals surface area (Å²) in [6, 6.07) is 6.72. The van der Waals surface area contributed by atoms with Gasteiger partial charge in [-0.15, -0.1) is 0 Å². The minimum Gasteiger partial charge on any atom is -0.444 e. The molecule has 3 rings (SSSR count). The highest BCUT2D eigenvalue weighted by Crippen LogP contribution is 2.26. The fraction of sp³-hybridized carbons (Fsp3) is 0.286. The molecule has 0 N–H and O–H groups in total. The summed E-state index contributed by atoms with van der Waals surface area (Å²) in [5, 5.41) is 0. The van der Waals surface area contributed by atoms with Crippen molar-refractivity contribution in [1.82, 2.24) is 9.29 Å². The van der Waals surface area contributed by atoms with Crippen LogP contribution in [0, 0.1) is 13.8 Å². The van der Waals surface area contributed by atoms with E-state index in [-0.39, 0.29) is 18.2 Å². The van der Waals surface area contributed by atoms with Crippen molar-refractivity contribution >= 4 is 15.9 Å². The number of oxazole rings is 1. The van der Waals surface area contributed by atoms with Crippen LogP contribution in [0.5, 0.6) is 0 Å². The Morgan fingerprint density at radius 3 is 2.67 bits per heavy atom. The SMILES string of the molecule is Cc1nc(CN2C(=O)c3ccccc3CS2(=O)=O)oc1C. The number of carbonyl (C=O) groups excluding carboxylic acids is 1. The van der Waals surface area contributed by atoms with Crippen molar-refractivity contribution in [2.45, 2.75) is 26.1 Å². The maximum absolute atomic E-state index is 12.4. The molecular formula is C14H14N2O4S. The Hall–Kier alpha value is -2.15. The predicted octanol–water partition coefficient (Wildman–Crippen LogP) is 1.78. The Balaban J connectivity index is 2.00. The number of hydrogen-bond donors (Lipinski definition) is 0. The molecule has 110 valence electrons. The summed E-state index contributed by atoms with van der Waals surface area (Å²) >= 11 is 0. The molecule has 0 saturated carbocycles. The molecule has 0 radical (unpaired) electrons. The highest BCUT2D eigenvalue weighted by molar-refractivity contribution is 7.89. The highest BCUT2D eigenvalue weighted by Gasteiger charge is 2.36. The first kappa shape index (κ1) is 13.8. The first-order valence-corrected chi connectivity index (χ1v) is 8.05. The molecule has 2 aromatic rings. The molecular weight excluding hydrogens is 292 g/mol. The Kier molecular flexibility index (Phi) is 3.09. The third kappa shape index (κ3) is 2.33. The van der Waals surface area contributed by atoms with Crippen molar-refractivity contribution in [3.05, 3.63) is 52.7 Å². The van der Waals surface area contributed by atoms with Crippen LogP contribution in [-0.2, 0) is 22.3 Å². The third-order valence-corrected chi connectivity index (χ3v) is 5.14. The van der Waals surface area contributed by atoms with Crippen molar-refractivity contribution in [2.24, 2.45) is 0 Å². The lowest BCUT2D eigenvalue weighted by atomic mass is 10.1. The van der Waals surface area contributed by atoms with E-state index in [0.717, 1.165) is 4.31 Å². The second-order valence-electron chi connectivity index (χ2n) is 4.97. The standard InChI is InChI=1S/C14H14N2O4S/c1-9-10(2)20-13(15-9)7-16-14(17)12-6-4-3-5-11(12)8-21(16,18)19/h3-6H,7-8H2,1-2H3. The van der Waals surface area contributed by atoms with Crippen LogP contribution < -0.4 is 0 Å². The maximum atomic E-state index is 12.4. The minimum absolute atomic E-state index is 0.176. The number of fused-ring (bicyclic) bond motifs is 1. The number of nitrogens with zero attached hydrogens (tertiary/aromatic N) is 2. The van der Waals surface area contributed by atoms with E-state index in [1.165, 1.54) is 0 Å². The fourth-order valence-corrected chi connectivity index (χ4v) is 3.75. The molecule has 1 aromatic heterocycles. The van der Waals surface area contributed by atoms with Gasteiger partial charge in [0.1, 0.15) is 12.3 Å². The molecule has 0 bridgehead atoms. The average molecular weight is 306 g/mol. The van der Waals surface area contributed by atoms with Gasteiger partial charge in [0, 0.05) is 5.56 Å². The number of sulfonamides is 1. The fourth-order valence-electron chi connectivity index (χ4n) is 2.29. The van der Waals surface area contributed by atoms with Gasteiger partial charge in [-0.25, -0.2) is 17.7 Å². The Bertz CT molecular complexity index is 804. The normalized spacial score (nSPS) is 16.9. The van der Waals surface area contributed by atoms with Gasteiger partial charge in [-0.1, -0.05) is 18.2 Å². The van der Waals surface area contributed by atoms with Crippen LogP contribution in [0.15, 0.2) is 28.7 Å². The Morgan fingerprint density at radius 1 is 1.29 bits per heavy atom. The van der Waals surface area contributed by atoms with Crippen molar-refractivity contribution in [3.63, 3.8) is 0 Å². The molecule has 21 heavy (non-hydrogen) atoms. The van der Waals surface area contributed by atoms with Crippen molar-refractivity contribution < 1.29 is 17.6 Å². The number of hydrogen-bond acceptors (Lipinski definition) is 5. The zero-order valence-electron chi connectivity index (χ0n) is 11.7. The van der Waals surface area contributed by atoms with Gasteiger partial charge in [-0.2, -0.15) is 0 Å². The number of aromatic nitrogens is 1. The van der Waals surface area contributed by atoms with Gasteiger partial charge in [-0.05, 0) is 25.5 Å². The first-order valence-electron chi connectivity index (χ1n) is 6.44. The second kappa shape index (κ2) is 4.70. The summed E-state index contributed by atoms with van der Waals surface area (Å²) in [6.07, 6.45) is 0. The van der Waals surface area contributed by atoms with E-state index in [9.17, 15) is 13.2 Å². The van der Waals surface area contributed by atoms with Gasteiger partial charge in [0.2, 0.25) is 15.9 Å². The summed E-state index contributed by atoms with van der Waals surface area (Å²) in [4.78, 5) is 16.5. The average Bonchev–Trinajstić information content (AvgIpc) is 2.73. The summed E-state index contributed by atoms with van der Waals surface area (Å²) in [6.45, 7) is 3.34. The van der Waals surface area contributed by atoms with Crippen LogP contribution in [0.25, 0.3) is 0 Å². The van der Waals surface area contributed by atoms with E-state index in [4.69, 9.17) is 4.42 Å². The van der Waals surface area contributed by atoms with Crippen molar-refractivity contribution in [3.8, 4) is 0 Å². The first-order chi connectivity index (χ1) is 9.88. The number of carbonyl (C=O) groups is 1. The smallest absolute Gasteiger partial charge is 0.268 e. The summed E-state index contributed by atoms with van der Waals surface area (Å²) in [7, 11) is -3.70. The Labute approximate surface area is 122 Å². The summed E-state index contributed by atoms with van der Waals surface area (Å²) in [5.74, 6) is 0.118. The van der Waals surface area contributed by atoms with Crippen LogP contribution in [0.1, 0.15) is 33.3 Å². The lowest BCUT2D eigenvalue weighted by Crippen LogP contribution is -2.41. The summed E-state index contributed by atoms with van der Waals surface area (Å²) in [5.41, 5.74) is 1.62. The van der Waals surface area contributed by atoms with Crippen LogP contribution >= 0.6 is 0 Å². The zero-order valence-corrected chi connectivity index (χ0v) is 12.5. The number of amides is 1. The number of rotatable bonds is 2. The Morgan fingerprint density at radius 2 is 2.00 bits per heavy atom. The van der Waals surface area contributed by atoms with Gasteiger partial charge in [0.15, 0.2) is 0 Å². The monoisotopic (exact) mass is 306 g/mol. The van der Waals surface area contributed by atoms with Gasteiger partial charge in [-0.3, -0.25) is 4.79 Å². The molecule has 1 amide bonds. The lowest BCUT2D eigenvalue weighted by molar-refractivity contribution is 0.0840. The van der Waals surface area contributed by atoms with Gasteiger partial charge >= 0.3 is 0 Å². The van der Waals surface area contributed by atoms with E-state index in [0.29, 0.717) is 22.6 Å². The molecule has 6 nitrogen and oxygen atoms in total. The van der Waals surface area contributed by atoms with Crippen LogP contribution in [0.4, 0.5) is 0 Å². The molecule has 0 unspecified atom stereocenters. The molecule has 1 aliphatic rings. The quantitative estimate of drug-likeness (QED) is 0.845. The van der Waals surface area contributed by atoms with Gasteiger partial charge < -0.3 is 4.42 Å². The molecule has 2 heterocycles. The molecule has 7 heteroatoms. The minimum atomic E-state index is -3.70. The third-order valence-electron chi connectivity index (χ3n) is 3.50. The number of aryl methyl sites for hydroxylation is 2. The molecule has 0 aliphatic carbocycles. The highest BCUT2D eigenvalue weighted by atomic mass is 32.2. The van der Waals surface area contributed by atoms with E-state index < -0.39 is 15.9 Å². The maximum Gasteiger partial charge on any atom is 0.268 e. The van der Waals surface area contributed by atoms with E-state index in [2.05, 4.69) is 4.98 Å². The van der Waals surface area contributed by atoms with Gasteiger partial charge in [0.25, 0.3) is 5.91 Å². The van der Waals surface area contributed by atoms with Crippen molar-refractivity contribution in [2.75, 3.05) is 0 Å². The van der Waals surface area contributed by atoms with Crippen LogP contribution in [-0.4, -0.2) is 23.6 Å². The van der Waals surface area contributed by atoms with E-state index in [1.807, 2.05) is 0 Å². The predicted molar refractivity (Wildman–Crippen MR) is 74.9 cm³/mol. The lowest BCUT2D eigenvalue weighted by Gasteiger charge is -2.26. The number of benzene rings is 1. The molecule has 0 saturated heterocycles. The van der Waals surface area contributed by atoms with Gasteiger partial charge in [0.05, 0.1) is 11.4 Å². The van der Waals surface area contributed by atoms with Crippen LogP contribution in [0.2, 0.25) is 0 Å². The molecule has 1 aromatic carbocycles. The van der Waals surface area contributed by atoms with E-state index >= 15 is 0 Å². The molecule has 0 fully saturated rings. The van der Waals surface area contributed by atoms with Crippen LogP contribution in [0.3, 0.4) is 0 Å². The van der Waals surface area contributed by atoms with E-state index in [1.54, 1.807) is 38.1 Å². The molecule has 1 aliphatic heterocycles.